The van der Waals surface area contributed by atoms with Gasteiger partial charge in [0, 0.05) is 35.4 Å². The summed E-state index contributed by atoms with van der Waals surface area (Å²) in [6, 6.07) is 12.1. The van der Waals surface area contributed by atoms with Crippen molar-refractivity contribution in [3.63, 3.8) is 0 Å². The molecule has 2 N–H and O–H groups in total. The molecule has 3 aromatic heterocycles. The normalized spacial score (nSPS) is 13.1. The van der Waals surface area contributed by atoms with Crippen LogP contribution in [0.1, 0.15) is 44.9 Å². The van der Waals surface area contributed by atoms with E-state index in [2.05, 4.69) is 15.6 Å². The number of amides is 1. The average Bonchev–Trinajstić information content (AvgIpc) is 3.15. The molecule has 0 bridgehead atoms. The molecule has 0 saturated carbocycles. The highest BCUT2D eigenvalue weighted by Crippen LogP contribution is 2.32. The van der Waals surface area contributed by atoms with E-state index in [0.29, 0.717) is 16.3 Å². The number of hydrogen-bond donors (Lipinski definition) is 2. The number of aromatic nitrogens is 2. The van der Waals surface area contributed by atoms with Gasteiger partial charge in [-0.05, 0) is 68.0 Å². The zero-order valence-corrected chi connectivity index (χ0v) is 21.0. The van der Waals surface area contributed by atoms with Gasteiger partial charge < -0.3 is 15.2 Å². The van der Waals surface area contributed by atoms with E-state index in [9.17, 15) is 9.59 Å². The van der Waals surface area contributed by atoms with E-state index in [0.717, 1.165) is 31.2 Å². The Morgan fingerprint density at radius 1 is 1.08 bits per heavy atom. The Labute approximate surface area is 212 Å². The van der Waals surface area contributed by atoms with Gasteiger partial charge in [-0.2, -0.15) is 0 Å². The molecule has 3 heterocycles. The first-order chi connectivity index (χ1) is 17.4. The minimum absolute atomic E-state index is 0.102. The van der Waals surface area contributed by atoms with E-state index in [1.54, 1.807) is 49.8 Å². The third-order valence-corrected chi connectivity index (χ3v) is 7.62. The molecule has 1 amide bonds. The van der Waals surface area contributed by atoms with Crippen molar-refractivity contribution in [1.82, 2.24) is 9.55 Å². The van der Waals surface area contributed by atoms with E-state index < -0.39 is 5.82 Å². The highest BCUT2D eigenvalue weighted by molar-refractivity contribution is 7.14. The highest BCUT2D eigenvalue weighted by Gasteiger charge is 2.19. The quantitative estimate of drug-likeness (QED) is 0.318. The second kappa shape index (κ2) is 10.1. The van der Waals surface area contributed by atoms with Gasteiger partial charge in [0.25, 0.3) is 11.5 Å². The average molecular weight is 503 g/mol. The van der Waals surface area contributed by atoms with Gasteiger partial charge in [0.1, 0.15) is 11.5 Å². The molecular formula is C28H27FN4O2S. The van der Waals surface area contributed by atoms with Crippen LogP contribution in [0.15, 0.2) is 59.7 Å². The first-order valence-electron chi connectivity index (χ1n) is 12.0. The van der Waals surface area contributed by atoms with Crippen molar-refractivity contribution < 1.29 is 9.18 Å². The minimum Gasteiger partial charge on any atom is -0.336 e. The summed E-state index contributed by atoms with van der Waals surface area (Å²) >= 11 is 1.50. The standard InChI is InChI=1S/C28H27FN4O2S/c1-17-11-12-25(30-15-17)31-22-13-19(16-33(2)28(22)35)20-8-6-9-21(26(20)29)32-27(34)24-14-18-7-4-3-5-10-23(18)36-24/h6,8-9,11-16H,3-5,7,10H2,1-2H3,(H,30,31)(H,32,34). The smallest absolute Gasteiger partial charge is 0.274 e. The lowest BCUT2D eigenvalue weighted by Crippen LogP contribution is -2.20. The summed E-state index contributed by atoms with van der Waals surface area (Å²) in [7, 11) is 1.62. The summed E-state index contributed by atoms with van der Waals surface area (Å²) < 4.78 is 17.0. The number of thiophene rings is 1. The Balaban J connectivity index is 1.43. The molecule has 1 aliphatic rings. The molecule has 5 rings (SSSR count). The molecule has 8 heteroatoms. The van der Waals surface area contributed by atoms with Gasteiger partial charge in [-0.25, -0.2) is 9.37 Å². The number of nitrogens with one attached hydrogen (secondary N) is 2. The molecule has 36 heavy (non-hydrogen) atoms. The number of benzene rings is 1. The van der Waals surface area contributed by atoms with Gasteiger partial charge in [-0.15, -0.1) is 11.3 Å². The number of hydrogen-bond acceptors (Lipinski definition) is 5. The van der Waals surface area contributed by atoms with Crippen LogP contribution in [0.3, 0.4) is 0 Å². The van der Waals surface area contributed by atoms with Crippen LogP contribution in [0.2, 0.25) is 0 Å². The molecule has 1 aliphatic carbocycles. The Bertz CT molecular complexity index is 1470. The van der Waals surface area contributed by atoms with Gasteiger partial charge in [0.05, 0.1) is 10.6 Å². The number of carbonyl (C=O) groups excluding carboxylic acids is 1. The van der Waals surface area contributed by atoms with Crippen LogP contribution in [0, 0.1) is 12.7 Å². The summed E-state index contributed by atoms with van der Waals surface area (Å²) in [5.41, 5.74) is 3.15. The fourth-order valence-electron chi connectivity index (χ4n) is 4.44. The van der Waals surface area contributed by atoms with Crippen molar-refractivity contribution in [1.29, 1.82) is 0 Å². The summed E-state index contributed by atoms with van der Waals surface area (Å²) in [6.07, 6.45) is 8.76. The maximum absolute atomic E-state index is 15.6. The van der Waals surface area contributed by atoms with Crippen LogP contribution in [0.25, 0.3) is 11.1 Å². The lowest BCUT2D eigenvalue weighted by molar-refractivity contribution is 0.103. The van der Waals surface area contributed by atoms with Crippen molar-refractivity contribution in [2.45, 2.75) is 39.0 Å². The molecule has 0 saturated heterocycles. The molecule has 0 atom stereocenters. The van der Waals surface area contributed by atoms with Crippen molar-refractivity contribution >= 4 is 34.4 Å². The number of fused-ring (bicyclic) bond motifs is 1. The van der Waals surface area contributed by atoms with E-state index in [-0.39, 0.29) is 28.4 Å². The molecule has 4 aromatic rings. The van der Waals surface area contributed by atoms with Gasteiger partial charge in [0.15, 0.2) is 5.82 Å². The second-order valence-corrected chi connectivity index (χ2v) is 10.3. The lowest BCUT2D eigenvalue weighted by Gasteiger charge is -2.13. The summed E-state index contributed by atoms with van der Waals surface area (Å²) in [4.78, 5) is 31.8. The highest BCUT2D eigenvalue weighted by atomic mass is 32.1. The van der Waals surface area contributed by atoms with Gasteiger partial charge in [-0.1, -0.05) is 24.6 Å². The minimum atomic E-state index is -0.554. The van der Waals surface area contributed by atoms with Crippen LogP contribution in [0.4, 0.5) is 21.6 Å². The lowest BCUT2D eigenvalue weighted by atomic mass is 10.1. The van der Waals surface area contributed by atoms with Crippen LogP contribution in [-0.2, 0) is 19.9 Å². The fourth-order valence-corrected chi connectivity index (χ4v) is 5.59. The largest absolute Gasteiger partial charge is 0.336 e. The number of halogens is 1. The van der Waals surface area contributed by atoms with Crippen molar-refractivity contribution in [2.24, 2.45) is 7.05 Å². The summed E-state index contributed by atoms with van der Waals surface area (Å²) in [6.45, 7) is 1.93. The zero-order chi connectivity index (χ0) is 25.2. The predicted molar refractivity (Wildman–Crippen MR) is 143 cm³/mol. The van der Waals surface area contributed by atoms with E-state index in [4.69, 9.17) is 0 Å². The van der Waals surface area contributed by atoms with Gasteiger partial charge in [0.2, 0.25) is 0 Å². The Morgan fingerprint density at radius 3 is 2.72 bits per heavy atom. The van der Waals surface area contributed by atoms with E-state index in [1.165, 1.54) is 32.8 Å². The summed E-state index contributed by atoms with van der Waals surface area (Å²) in [5, 5.41) is 5.78. The Kier molecular flexibility index (Phi) is 6.69. The first kappa shape index (κ1) is 23.9. The maximum Gasteiger partial charge on any atom is 0.274 e. The van der Waals surface area contributed by atoms with E-state index >= 15 is 4.39 Å². The molecule has 184 valence electrons. The van der Waals surface area contributed by atoms with Gasteiger partial charge in [-0.3, -0.25) is 9.59 Å². The van der Waals surface area contributed by atoms with Gasteiger partial charge >= 0.3 is 0 Å². The monoisotopic (exact) mass is 502 g/mol. The zero-order valence-electron chi connectivity index (χ0n) is 20.2. The molecule has 0 radical (unpaired) electrons. The number of anilines is 3. The maximum atomic E-state index is 15.6. The fraction of sp³-hybridized carbons (Fsp3) is 0.250. The topological polar surface area (TPSA) is 76.0 Å². The molecule has 0 fully saturated rings. The number of rotatable bonds is 5. The number of aryl methyl sites for hydroxylation is 4. The summed E-state index contributed by atoms with van der Waals surface area (Å²) in [5.74, 6) is -0.343. The predicted octanol–water partition coefficient (Wildman–Crippen LogP) is 6.22. The molecule has 1 aromatic carbocycles. The molecular weight excluding hydrogens is 475 g/mol. The van der Waals surface area contributed by atoms with Crippen molar-refractivity contribution in [3.05, 3.63) is 91.9 Å². The van der Waals surface area contributed by atoms with Crippen LogP contribution in [0.5, 0.6) is 0 Å². The molecule has 0 aliphatic heterocycles. The molecule has 0 unspecified atom stereocenters. The molecule has 0 spiro atoms. The number of carbonyl (C=O) groups is 1. The third-order valence-electron chi connectivity index (χ3n) is 6.39. The van der Waals surface area contributed by atoms with Crippen LogP contribution in [-0.4, -0.2) is 15.5 Å². The van der Waals surface area contributed by atoms with Crippen LogP contribution < -0.4 is 16.2 Å². The van der Waals surface area contributed by atoms with Crippen LogP contribution >= 0.6 is 11.3 Å². The molecule has 6 nitrogen and oxygen atoms in total. The second-order valence-electron chi connectivity index (χ2n) is 9.15. The van der Waals surface area contributed by atoms with E-state index in [1.807, 2.05) is 19.1 Å². The third kappa shape index (κ3) is 4.95. The Hall–Kier alpha value is -3.78. The van der Waals surface area contributed by atoms with Crippen molar-refractivity contribution in [3.8, 4) is 11.1 Å². The number of pyridine rings is 2. The Morgan fingerprint density at radius 2 is 1.92 bits per heavy atom. The first-order valence-corrected chi connectivity index (χ1v) is 12.8. The van der Waals surface area contributed by atoms with Crippen molar-refractivity contribution in [2.75, 3.05) is 10.6 Å². The SMILES string of the molecule is Cc1ccc(Nc2cc(-c3cccc(NC(=O)c4cc5c(s4)CCCCC5)c3F)cn(C)c2=O)nc1. The number of nitrogens with zero attached hydrogens (tertiary/aromatic N) is 2.